The third-order valence-corrected chi connectivity index (χ3v) is 7.77. The van der Waals surface area contributed by atoms with Gasteiger partial charge in [-0.2, -0.15) is 0 Å². The quantitative estimate of drug-likeness (QED) is 0.512. The molecule has 4 N–H and O–H groups in total. The second-order valence-corrected chi connectivity index (χ2v) is 10.5. The lowest BCUT2D eigenvalue weighted by molar-refractivity contribution is -0.135. The Morgan fingerprint density at radius 2 is 1.57 bits per heavy atom. The lowest BCUT2D eigenvalue weighted by atomic mass is 9.67. The topological polar surface area (TPSA) is 111 Å². The first kappa shape index (κ1) is 27.6. The van der Waals surface area contributed by atoms with Crippen LogP contribution >= 0.6 is 0 Å². The molecule has 1 aromatic rings. The first-order valence-electron chi connectivity index (χ1n) is 13.0. The van der Waals surface area contributed by atoms with Crippen LogP contribution in [-0.2, 0) is 14.3 Å². The molecule has 0 unspecified atom stereocenters. The smallest absolute Gasteiger partial charge is 0.300 e. The molecule has 8 nitrogen and oxygen atoms in total. The van der Waals surface area contributed by atoms with Crippen molar-refractivity contribution in [1.82, 2.24) is 15.5 Å². The van der Waals surface area contributed by atoms with E-state index < -0.39 is 11.9 Å². The van der Waals surface area contributed by atoms with Gasteiger partial charge in [0.25, 0.3) is 11.9 Å². The molecule has 4 aliphatic rings. The Morgan fingerprint density at radius 1 is 0.971 bits per heavy atom. The molecule has 35 heavy (non-hydrogen) atoms. The molecule has 4 fully saturated rings. The number of morpholine rings is 1. The van der Waals surface area contributed by atoms with E-state index in [-0.39, 0.29) is 6.10 Å². The monoisotopic (exact) mass is 489 g/mol. The first-order valence-corrected chi connectivity index (χ1v) is 13.0. The predicted molar refractivity (Wildman–Crippen MR) is 135 cm³/mol. The first-order chi connectivity index (χ1) is 16.8. The predicted octanol–water partition coefficient (Wildman–Crippen LogP) is 3.28. The van der Waals surface area contributed by atoms with E-state index in [0.29, 0.717) is 17.5 Å². The summed E-state index contributed by atoms with van der Waals surface area (Å²) in [5.74, 6) is -1.67. The summed E-state index contributed by atoms with van der Waals surface area (Å²) in [6.45, 7) is 7.77. The van der Waals surface area contributed by atoms with Gasteiger partial charge in [-0.3, -0.25) is 14.5 Å². The van der Waals surface area contributed by atoms with Gasteiger partial charge >= 0.3 is 0 Å². The minimum absolute atomic E-state index is 0.246. The van der Waals surface area contributed by atoms with Crippen LogP contribution < -0.4 is 10.6 Å². The number of hydrogen-bond donors (Lipinski definition) is 4. The highest BCUT2D eigenvalue weighted by molar-refractivity contribution is 5.63. The van der Waals surface area contributed by atoms with Crippen LogP contribution in [-0.4, -0.2) is 78.0 Å². The Hall–Kier alpha value is -2.00. The van der Waals surface area contributed by atoms with E-state index in [1.807, 2.05) is 0 Å². The number of aliphatic carboxylic acids is 2. The molecule has 8 heteroatoms. The molecular weight excluding hydrogens is 446 g/mol. The van der Waals surface area contributed by atoms with Gasteiger partial charge in [0.1, 0.15) is 0 Å². The average molecular weight is 490 g/mol. The molecule has 3 aliphatic heterocycles. The van der Waals surface area contributed by atoms with Gasteiger partial charge in [-0.25, -0.2) is 0 Å². The van der Waals surface area contributed by atoms with Gasteiger partial charge in [-0.15, -0.1) is 0 Å². The summed E-state index contributed by atoms with van der Waals surface area (Å²) >= 11 is 0. The maximum atomic E-state index is 9.00. The standard InChI is InChI=1S/C23H35N3O.2C2H4O2/c1-2-4-18(5-3-1)22-16-26-15-20(14-21(26)17-27-22)25-19-6-8-23(9-7-19)10-12-24-13-11-23;2*1-2(3)4/h1-5,19-22,24-25H,6-17H2;2*1H3,(H,3,4)/t20-,21+,22-;;/m1../s1. The fourth-order valence-corrected chi connectivity index (χ4v) is 6.05. The molecule has 0 aromatic heterocycles. The molecular formula is C27H43N3O5. The highest BCUT2D eigenvalue weighted by Crippen LogP contribution is 2.43. The third-order valence-electron chi connectivity index (χ3n) is 7.77. The van der Waals surface area contributed by atoms with E-state index >= 15 is 0 Å². The molecule has 1 aromatic carbocycles. The average Bonchev–Trinajstić information content (AvgIpc) is 3.23. The van der Waals surface area contributed by atoms with Gasteiger partial charge in [0.05, 0.1) is 12.7 Å². The second-order valence-electron chi connectivity index (χ2n) is 10.5. The number of rotatable bonds is 3. The summed E-state index contributed by atoms with van der Waals surface area (Å²) in [5.41, 5.74) is 2.00. The van der Waals surface area contributed by atoms with Crippen LogP contribution in [0.4, 0.5) is 0 Å². The number of carbonyl (C=O) groups is 2. The van der Waals surface area contributed by atoms with Crippen LogP contribution in [0.5, 0.6) is 0 Å². The Balaban J connectivity index is 0.000000376. The number of piperidine rings is 1. The van der Waals surface area contributed by atoms with Gasteiger partial charge in [-0.05, 0) is 69.0 Å². The van der Waals surface area contributed by atoms with Crippen molar-refractivity contribution >= 4 is 11.9 Å². The number of hydrogen-bond acceptors (Lipinski definition) is 6. The zero-order valence-electron chi connectivity index (χ0n) is 21.2. The molecule has 0 bridgehead atoms. The lowest BCUT2D eigenvalue weighted by Crippen LogP contribution is -2.46. The molecule has 3 heterocycles. The summed E-state index contributed by atoms with van der Waals surface area (Å²) in [4.78, 5) is 20.7. The van der Waals surface area contributed by atoms with Crippen LogP contribution in [0.2, 0.25) is 0 Å². The highest BCUT2D eigenvalue weighted by atomic mass is 16.5. The van der Waals surface area contributed by atoms with Crippen molar-refractivity contribution in [3.8, 4) is 0 Å². The van der Waals surface area contributed by atoms with E-state index in [9.17, 15) is 0 Å². The summed E-state index contributed by atoms with van der Waals surface area (Å²) in [7, 11) is 0. The lowest BCUT2D eigenvalue weighted by Gasteiger charge is -2.43. The normalized spacial score (nSPS) is 28.1. The number of fused-ring (bicyclic) bond motifs is 1. The largest absolute Gasteiger partial charge is 0.481 e. The highest BCUT2D eigenvalue weighted by Gasteiger charge is 2.40. The van der Waals surface area contributed by atoms with Crippen LogP contribution in [0.15, 0.2) is 30.3 Å². The Labute approximate surface area is 209 Å². The molecule has 1 aliphatic carbocycles. The van der Waals surface area contributed by atoms with Crippen LogP contribution in [0.1, 0.15) is 70.5 Å². The van der Waals surface area contributed by atoms with Crippen LogP contribution in [0, 0.1) is 5.41 Å². The Kier molecular flexibility index (Phi) is 10.5. The number of nitrogens with zero attached hydrogens (tertiary/aromatic N) is 1. The fourth-order valence-electron chi connectivity index (χ4n) is 6.05. The number of benzene rings is 1. The van der Waals surface area contributed by atoms with Crippen molar-refractivity contribution in [3.63, 3.8) is 0 Å². The van der Waals surface area contributed by atoms with Crippen molar-refractivity contribution in [2.75, 3.05) is 32.8 Å². The molecule has 196 valence electrons. The van der Waals surface area contributed by atoms with Gasteiger partial charge in [0.15, 0.2) is 0 Å². The second kappa shape index (κ2) is 13.3. The SMILES string of the molecule is CC(=O)O.CC(=O)O.c1ccc([C@H]2CN3C[C@H](NC4CCC5(CCNCC5)CC4)C[C@H]3CO2)cc1. The molecule has 0 amide bonds. The van der Waals surface area contributed by atoms with Crippen molar-refractivity contribution in [2.45, 2.75) is 83.0 Å². The van der Waals surface area contributed by atoms with Gasteiger partial charge < -0.3 is 25.6 Å². The molecule has 0 radical (unpaired) electrons. The number of ether oxygens (including phenoxy) is 1. The summed E-state index contributed by atoms with van der Waals surface area (Å²) in [6, 6.07) is 12.7. The van der Waals surface area contributed by atoms with E-state index in [1.54, 1.807) is 0 Å². The van der Waals surface area contributed by atoms with Gasteiger partial charge in [0.2, 0.25) is 0 Å². The van der Waals surface area contributed by atoms with Crippen molar-refractivity contribution in [1.29, 1.82) is 0 Å². The summed E-state index contributed by atoms with van der Waals surface area (Å²) in [6.07, 6.45) is 9.93. The van der Waals surface area contributed by atoms with Gasteiger partial charge in [-0.1, -0.05) is 30.3 Å². The van der Waals surface area contributed by atoms with Crippen molar-refractivity contribution in [2.24, 2.45) is 5.41 Å². The fraction of sp³-hybridized carbons (Fsp3) is 0.704. The number of carboxylic acids is 2. The number of nitrogens with one attached hydrogen (secondary N) is 2. The number of carboxylic acid groups (broad SMARTS) is 2. The summed E-state index contributed by atoms with van der Waals surface area (Å²) < 4.78 is 6.22. The van der Waals surface area contributed by atoms with Crippen LogP contribution in [0.25, 0.3) is 0 Å². The van der Waals surface area contributed by atoms with Crippen molar-refractivity contribution in [3.05, 3.63) is 35.9 Å². The molecule has 3 atom stereocenters. The molecule has 1 spiro atoms. The molecule has 5 rings (SSSR count). The van der Waals surface area contributed by atoms with Gasteiger partial charge in [0, 0.05) is 45.1 Å². The zero-order valence-corrected chi connectivity index (χ0v) is 21.2. The zero-order chi connectivity index (χ0) is 25.3. The Morgan fingerprint density at radius 3 is 2.17 bits per heavy atom. The third kappa shape index (κ3) is 8.86. The van der Waals surface area contributed by atoms with E-state index in [0.717, 1.165) is 33.0 Å². The maximum absolute atomic E-state index is 9.00. The van der Waals surface area contributed by atoms with E-state index in [1.165, 1.54) is 70.1 Å². The van der Waals surface area contributed by atoms with E-state index in [2.05, 4.69) is 45.9 Å². The molecule has 3 saturated heterocycles. The van der Waals surface area contributed by atoms with E-state index in [4.69, 9.17) is 24.5 Å². The van der Waals surface area contributed by atoms with Crippen LogP contribution in [0.3, 0.4) is 0 Å². The van der Waals surface area contributed by atoms with Crippen molar-refractivity contribution < 1.29 is 24.5 Å². The minimum atomic E-state index is -0.833. The summed E-state index contributed by atoms with van der Waals surface area (Å²) in [5, 5.41) is 22.4. The minimum Gasteiger partial charge on any atom is -0.481 e. The Bertz CT molecular complexity index is 769. The maximum Gasteiger partial charge on any atom is 0.300 e. The molecule has 1 saturated carbocycles.